The summed E-state index contributed by atoms with van der Waals surface area (Å²) in [5.41, 5.74) is 7.41. The third-order valence-corrected chi connectivity index (χ3v) is 1.59. The molecule has 0 amide bonds. The van der Waals surface area contributed by atoms with Gasteiger partial charge in [0.25, 0.3) is 0 Å². The third kappa shape index (κ3) is 1.01. The molecule has 2 N–H and O–H groups in total. The molecule has 1 atom stereocenters. The lowest BCUT2D eigenvalue weighted by molar-refractivity contribution is 0.497. The van der Waals surface area contributed by atoms with Crippen LogP contribution in [-0.4, -0.2) is 6.54 Å². The summed E-state index contributed by atoms with van der Waals surface area (Å²) < 4.78 is 0. The highest BCUT2D eigenvalue weighted by molar-refractivity contribution is 5.03. The monoisotopic (exact) mass is 112 g/mol. The molecule has 1 aliphatic rings. The molecule has 0 spiro atoms. The highest BCUT2D eigenvalue weighted by atomic mass is 15.3. The van der Waals surface area contributed by atoms with Gasteiger partial charge in [-0.15, -0.1) is 0 Å². The second kappa shape index (κ2) is 2.18. The Labute approximate surface area is 49.9 Å². The van der Waals surface area contributed by atoms with Crippen LogP contribution in [0, 0.1) is 5.92 Å². The summed E-state index contributed by atoms with van der Waals surface area (Å²) in [5, 5.41) is 0. The van der Waals surface area contributed by atoms with Gasteiger partial charge in [0.15, 0.2) is 0 Å². The zero-order valence-corrected chi connectivity index (χ0v) is 5.36. The van der Waals surface area contributed by atoms with E-state index in [1.54, 1.807) is 0 Å². The van der Waals surface area contributed by atoms with Gasteiger partial charge in [-0.25, -0.2) is 5.43 Å². The van der Waals surface area contributed by atoms with Crippen LogP contribution >= 0.6 is 0 Å². The molecule has 0 fully saturated rings. The van der Waals surface area contributed by atoms with Crippen molar-refractivity contribution in [2.45, 2.75) is 13.8 Å². The Bertz CT molecular complexity index is 107. The summed E-state index contributed by atoms with van der Waals surface area (Å²) in [5.74, 6) is 0.691. The lowest BCUT2D eigenvalue weighted by Gasteiger charge is -2.18. The average molecular weight is 112 g/mol. The van der Waals surface area contributed by atoms with E-state index in [0.29, 0.717) is 5.92 Å². The average Bonchev–Trinajstić information content (AvgIpc) is 1.77. The molecule has 2 nitrogen and oxygen atoms in total. The quantitative estimate of drug-likeness (QED) is 0.480. The molecule has 0 bridgehead atoms. The molecule has 0 aliphatic carbocycles. The predicted octanol–water partition coefficient (Wildman–Crippen LogP) is 0.634. The van der Waals surface area contributed by atoms with Gasteiger partial charge in [-0.3, -0.25) is 0 Å². The van der Waals surface area contributed by atoms with E-state index in [0.717, 1.165) is 6.54 Å². The molecule has 46 valence electrons. The fourth-order valence-electron chi connectivity index (χ4n) is 0.680. The minimum Gasteiger partial charge on any atom is -0.329 e. The molecule has 1 rings (SSSR count). The van der Waals surface area contributed by atoms with Crippen LogP contribution in [0.5, 0.6) is 0 Å². The Morgan fingerprint density at radius 3 is 2.88 bits per heavy atom. The summed E-state index contributed by atoms with van der Waals surface area (Å²) in [7, 11) is 0. The van der Waals surface area contributed by atoms with Crippen molar-refractivity contribution in [2.24, 2.45) is 5.92 Å². The summed E-state index contributed by atoms with van der Waals surface area (Å²) in [6.07, 6.45) is 2.01. The standard InChI is InChI=1S/C6H12N2/c1-5-3-7-8-4-6(5)2/h3,6-8H,4H2,1-2H3. The number of hydrogen-bond donors (Lipinski definition) is 2. The molecule has 2 heteroatoms. The van der Waals surface area contributed by atoms with Gasteiger partial charge in [0, 0.05) is 12.7 Å². The highest BCUT2D eigenvalue weighted by Crippen LogP contribution is 2.08. The first-order valence-corrected chi connectivity index (χ1v) is 2.96. The van der Waals surface area contributed by atoms with Gasteiger partial charge in [0.05, 0.1) is 0 Å². The molecular formula is C6H12N2. The maximum absolute atomic E-state index is 3.04. The maximum atomic E-state index is 3.04. The first-order chi connectivity index (χ1) is 3.80. The van der Waals surface area contributed by atoms with Gasteiger partial charge in [-0.2, -0.15) is 0 Å². The van der Waals surface area contributed by atoms with E-state index in [4.69, 9.17) is 0 Å². The molecule has 1 aliphatic heterocycles. The topological polar surface area (TPSA) is 24.1 Å². The van der Waals surface area contributed by atoms with Crippen LogP contribution in [0.15, 0.2) is 11.8 Å². The number of rotatable bonds is 0. The van der Waals surface area contributed by atoms with Gasteiger partial charge in [0.1, 0.15) is 0 Å². The highest BCUT2D eigenvalue weighted by Gasteiger charge is 2.05. The van der Waals surface area contributed by atoms with Crippen molar-refractivity contribution in [2.75, 3.05) is 6.54 Å². The number of hydrazine groups is 1. The first-order valence-electron chi connectivity index (χ1n) is 2.96. The molecule has 0 saturated carbocycles. The van der Waals surface area contributed by atoms with Crippen LogP contribution in [0.1, 0.15) is 13.8 Å². The van der Waals surface area contributed by atoms with Gasteiger partial charge in [-0.1, -0.05) is 12.5 Å². The molecular weight excluding hydrogens is 100 g/mol. The Kier molecular flexibility index (Phi) is 1.53. The van der Waals surface area contributed by atoms with E-state index in [2.05, 4.69) is 24.7 Å². The van der Waals surface area contributed by atoms with E-state index in [9.17, 15) is 0 Å². The van der Waals surface area contributed by atoms with E-state index in [-0.39, 0.29) is 0 Å². The van der Waals surface area contributed by atoms with Crippen molar-refractivity contribution >= 4 is 0 Å². The fourth-order valence-corrected chi connectivity index (χ4v) is 0.680. The summed E-state index contributed by atoms with van der Waals surface area (Å²) in [4.78, 5) is 0. The summed E-state index contributed by atoms with van der Waals surface area (Å²) in [6, 6.07) is 0. The van der Waals surface area contributed by atoms with Gasteiger partial charge in [-0.05, 0) is 12.8 Å². The molecule has 0 saturated heterocycles. The maximum Gasteiger partial charge on any atom is 0.0211 e. The molecule has 8 heavy (non-hydrogen) atoms. The largest absolute Gasteiger partial charge is 0.329 e. The van der Waals surface area contributed by atoms with Crippen molar-refractivity contribution in [1.82, 2.24) is 10.9 Å². The summed E-state index contributed by atoms with van der Waals surface area (Å²) in [6.45, 7) is 5.39. The summed E-state index contributed by atoms with van der Waals surface area (Å²) >= 11 is 0. The van der Waals surface area contributed by atoms with E-state index >= 15 is 0 Å². The van der Waals surface area contributed by atoms with Crippen LogP contribution in [0.25, 0.3) is 0 Å². The zero-order chi connectivity index (χ0) is 5.98. The first kappa shape index (κ1) is 5.63. The lowest BCUT2D eigenvalue weighted by Crippen LogP contribution is -2.36. The molecule has 0 aromatic rings. The minimum absolute atomic E-state index is 0.691. The zero-order valence-electron chi connectivity index (χ0n) is 5.36. The van der Waals surface area contributed by atoms with Gasteiger partial charge in [0.2, 0.25) is 0 Å². The van der Waals surface area contributed by atoms with Crippen LogP contribution in [0.4, 0.5) is 0 Å². The van der Waals surface area contributed by atoms with E-state index in [1.165, 1.54) is 5.57 Å². The lowest BCUT2D eigenvalue weighted by atomic mass is 10.0. The Morgan fingerprint density at radius 2 is 2.50 bits per heavy atom. The van der Waals surface area contributed by atoms with Gasteiger partial charge >= 0.3 is 0 Å². The number of hydrogen-bond acceptors (Lipinski definition) is 2. The minimum atomic E-state index is 0.691. The van der Waals surface area contributed by atoms with Crippen LogP contribution in [-0.2, 0) is 0 Å². The second-order valence-electron chi connectivity index (χ2n) is 2.31. The smallest absolute Gasteiger partial charge is 0.0211 e. The van der Waals surface area contributed by atoms with Crippen molar-refractivity contribution in [3.05, 3.63) is 11.8 Å². The van der Waals surface area contributed by atoms with Crippen LogP contribution < -0.4 is 10.9 Å². The third-order valence-electron chi connectivity index (χ3n) is 1.59. The van der Waals surface area contributed by atoms with Crippen molar-refractivity contribution < 1.29 is 0 Å². The molecule has 1 unspecified atom stereocenters. The molecule has 0 aromatic heterocycles. The number of nitrogens with one attached hydrogen (secondary N) is 2. The van der Waals surface area contributed by atoms with Crippen molar-refractivity contribution in [3.63, 3.8) is 0 Å². The van der Waals surface area contributed by atoms with Crippen LogP contribution in [0.3, 0.4) is 0 Å². The second-order valence-corrected chi connectivity index (χ2v) is 2.31. The van der Waals surface area contributed by atoms with Gasteiger partial charge < -0.3 is 5.43 Å². The molecule has 0 radical (unpaired) electrons. The predicted molar refractivity (Wildman–Crippen MR) is 34.1 cm³/mol. The van der Waals surface area contributed by atoms with E-state index < -0.39 is 0 Å². The van der Waals surface area contributed by atoms with Crippen molar-refractivity contribution in [3.8, 4) is 0 Å². The Morgan fingerprint density at radius 1 is 1.75 bits per heavy atom. The Hall–Kier alpha value is -0.500. The fraction of sp³-hybridized carbons (Fsp3) is 0.667. The van der Waals surface area contributed by atoms with Crippen molar-refractivity contribution in [1.29, 1.82) is 0 Å². The molecule has 1 heterocycles. The normalized spacial score (nSPS) is 28.8. The van der Waals surface area contributed by atoms with E-state index in [1.807, 2.05) is 6.20 Å². The SMILES string of the molecule is CC1=CNNCC1C. The Balaban J connectivity index is 2.53. The molecule has 0 aromatic carbocycles. The van der Waals surface area contributed by atoms with Crippen LogP contribution in [0.2, 0.25) is 0 Å².